The van der Waals surface area contributed by atoms with Crippen LogP contribution in [0.25, 0.3) is 10.9 Å². The van der Waals surface area contributed by atoms with Crippen molar-refractivity contribution in [2.45, 2.75) is 64.5 Å². The fraction of sp³-hybridized carbons (Fsp3) is 0.469. The number of nitrogens with two attached hydrogens (primary N) is 1. The zero-order valence-electron chi connectivity index (χ0n) is 24.4. The van der Waals surface area contributed by atoms with Gasteiger partial charge < -0.3 is 30.0 Å². The third-order valence-corrected chi connectivity index (χ3v) is 7.74. The molecular formula is C32H42N4O5. The molecule has 2 heterocycles. The summed E-state index contributed by atoms with van der Waals surface area (Å²) in [4.78, 5) is 38.1. The average molecular weight is 563 g/mol. The summed E-state index contributed by atoms with van der Waals surface area (Å²) in [5.41, 5.74) is 11.9. The van der Waals surface area contributed by atoms with Crippen LogP contribution in [0.3, 0.4) is 0 Å². The second-order valence-corrected chi connectivity index (χ2v) is 10.9. The maximum atomic E-state index is 13.4. The third kappa shape index (κ3) is 7.95. The molecule has 2 amide bonds. The largest absolute Gasteiger partial charge is 0.456 e. The van der Waals surface area contributed by atoms with Gasteiger partial charge in [0.1, 0.15) is 0 Å². The first-order chi connectivity index (χ1) is 19.8. The van der Waals surface area contributed by atoms with Crippen molar-refractivity contribution in [2.24, 2.45) is 5.73 Å². The summed E-state index contributed by atoms with van der Waals surface area (Å²) in [6.45, 7) is 6.20. The first kappa shape index (κ1) is 30.3. The number of esters is 1. The number of hydrogen-bond donors (Lipinski definition) is 2. The number of para-hydroxylation sites is 1. The lowest BCUT2D eigenvalue weighted by atomic mass is 9.91. The number of rotatable bonds is 12. The Morgan fingerprint density at radius 3 is 2.61 bits per heavy atom. The van der Waals surface area contributed by atoms with Gasteiger partial charge in [-0.3, -0.25) is 14.4 Å². The number of carbonyl (C=O) groups is 3. The smallest absolute Gasteiger partial charge is 0.303 e. The van der Waals surface area contributed by atoms with E-state index < -0.39 is 11.9 Å². The molecule has 0 radical (unpaired) electrons. The average Bonchev–Trinajstić information content (AvgIpc) is 3.24. The molecule has 1 saturated heterocycles. The number of hydrogen-bond acceptors (Lipinski definition) is 6. The van der Waals surface area contributed by atoms with Gasteiger partial charge in [-0.15, -0.1) is 0 Å². The molecule has 9 heteroatoms. The highest BCUT2D eigenvalue weighted by molar-refractivity contribution is 5.92. The van der Waals surface area contributed by atoms with Crippen molar-refractivity contribution in [1.82, 2.24) is 9.47 Å². The second kappa shape index (κ2) is 14.3. The molecule has 220 valence electrons. The summed E-state index contributed by atoms with van der Waals surface area (Å²) >= 11 is 0. The van der Waals surface area contributed by atoms with Crippen molar-refractivity contribution in [2.75, 3.05) is 38.7 Å². The number of amides is 2. The Bertz CT molecular complexity index is 1350. The summed E-state index contributed by atoms with van der Waals surface area (Å²) < 4.78 is 12.5. The highest BCUT2D eigenvalue weighted by Gasteiger charge is 2.29. The third-order valence-electron chi connectivity index (χ3n) is 7.74. The van der Waals surface area contributed by atoms with Gasteiger partial charge in [0.05, 0.1) is 0 Å². The van der Waals surface area contributed by atoms with Gasteiger partial charge in [-0.1, -0.05) is 30.3 Å². The fourth-order valence-electron chi connectivity index (χ4n) is 5.87. The van der Waals surface area contributed by atoms with Gasteiger partial charge in [0, 0.05) is 80.9 Å². The molecule has 9 nitrogen and oxygen atoms in total. The number of fused-ring (bicyclic) bond motifs is 1. The van der Waals surface area contributed by atoms with Crippen LogP contribution in [0, 0.1) is 6.92 Å². The Balaban J connectivity index is 1.36. The van der Waals surface area contributed by atoms with E-state index in [-0.39, 0.29) is 30.9 Å². The minimum atomic E-state index is -0.504. The van der Waals surface area contributed by atoms with Crippen LogP contribution in [0.5, 0.6) is 0 Å². The molecule has 41 heavy (non-hydrogen) atoms. The number of nitrogens with one attached hydrogen (secondary N) is 1. The maximum absolute atomic E-state index is 13.4. The quantitative estimate of drug-likeness (QED) is 0.253. The number of likely N-dealkylation sites (tertiary alicyclic amines) is 1. The van der Waals surface area contributed by atoms with E-state index in [1.807, 2.05) is 17.0 Å². The molecule has 1 aliphatic heterocycles. The molecule has 1 unspecified atom stereocenters. The van der Waals surface area contributed by atoms with E-state index in [9.17, 15) is 14.4 Å². The van der Waals surface area contributed by atoms with Crippen molar-refractivity contribution in [3.63, 3.8) is 0 Å². The van der Waals surface area contributed by atoms with Crippen LogP contribution >= 0.6 is 0 Å². The topological polar surface area (TPSA) is 116 Å². The molecule has 3 N–H and O–H groups in total. The van der Waals surface area contributed by atoms with Crippen molar-refractivity contribution in [3.8, 4) is 0 Å². The van der Waals surface area contributed by atoms with Gasteiger partial charge in [0.15, 0.2) is 6.61 Å². The van der Waals surface area contributed by atoms with E-state index in [1.54, 1.807) is 19.2 Å². The Labute approximate surface area is 242 Å². The van der Waals surface area contributed by atoms with Crippen LogP contribution in [0.4, 0.5) is 5.69 Å². The van der Waals surface area contributed by atoms with E-state index in [4.69, 9.17) is 15.2 Å². The first-order valence-electron chi connectivity index (χ1n) is 14.4. The lowest BCUT2D eigenvalue weighted by Gasteiger charge is -2.34. The minimum absolute atomic E-state index is 0.0938. The van der Waals surface area contributed by atoms with Gasteiger partial charge in [0.2, 0.25) is 5.91 Å². The first-order valence-corrected chi connectivity index (χ1v) is 14.4. The highest BCUT2D eigenvalue weighted by atomic mass is 16.5. The maximum Gasteiger partial charge on any atom is 0.303 e. The number of piperidine rings is 1. The summed E-state index contributed by atoms with van der Waals surface area (Å²) in [6, 6.07) is 15.6. The van der Waals surface area contributed by atoms with Gasteiger partial charge in [0.25, 0.3) is 5.91 Å². The van der Waals surface area contributed by atoms with E-state index in [2.05, 4.69) is 41.1 Å². The second-order valence-electron chi connectivity index (χ2n) is 10.9. The van der Waals surface area contributed by atoms with E-state index in [0.717, 1.165) is 37.9 Å². The predicted octanol–water partition coefficient (Wildman–Crippen LogP) is 4.15. The van der Waals surface area contributed by atoms with Gasteiger partial charge in [-0.05, 0) is 61.9 Å². The molecule has 4 rings (SSSR count). The molecule has 1 fully saturated rings. The molecular weight excluding hydrogens is 520 g/mol. The summed E-state index contributed by atoms with van der Waals surface area (Å²) in [7, 11) is 1.74. The number of aryl methyl sites for hydroxylation is 2. The minimum Gasteiger partial charge on any atom is -0.456 e. The zero-order valence-corrected chi connectivity index (χ0v) is 24.4. The number of aromatic nitrogens is 1. The number of methoxy groups -OCH3 is 1. The van der Waals surface area contributed by atoms with Crippen molar-refractivity contribution in [3.05, 3.63) is 65.4 Å². The van der Waals surface area contributed by atoms with Crippen LogP contribution < -0.4 is 11.1 Å². The molecule has 1 aliphatic rings. The van der Waals surface area contributed by atoms with Gasteiger partial charge in [-0.25, -0.2) is 0 Å². The molecule has 3 aromatic rings. The Morgan fingerprint density at radius 1 is 1.12 bits per heavy atom. The van der Waals surface area contributed by atoms with Gasteiger partial charge >= 0.3 is 5.97 Å². The fourth-order valence-corrected chi connectivity index (χ4v) is 5.87. The molecule has 0 spiro atoms. The van der Waals surface area contributed by atoms with Crippen LogP contribution in [-0.4, -0.2) is 66.7 Å². The molecule has 0 aliphatic carbocycles. The normalized spacial score (nSPS) is 16.0. The number of nitrogens with zero attached hydrogens (tertiary/aromatic N) is 2. The van der Waals surface area contributed by atoms with E-state index >= 15 is 0 Å². The Hall–Kier alpha value is -3.69. The van der Waals surface area contributed by atoms with Crippen molar-refractivity contribution < 1.29 is 23.9 Å². The van der Waals surface area contributed by atoms with Crippen LogP contribution in [0.1, 0.15) is 55.3 Å². The highest BCUT2D eigenvalue weighted by Crippen LogP contribution is 2.36. The van der Waals surface area contributed by atoms with Crippen molar-refractivity contribution in [1.29, 1.82) is 0 Å². The summed E-state index contributed by atoms with van der Waals surface area (Å²) in [5.74, 6) is -0.533. The molecule has 0 bridgehead atoms. The number of carbonyl (C=O) groups excluding carboxylic acids is 3. The number of anilines is 1. The predicted molar refractivity (Wildman–Crippen MR) is 160 cm³/mol. The standard InChI is InChI=1S/C32H42N4O5/c1-22-28-9-4-5-10-29(28)36(16-7-17-40-3)32(22)25-8-6-15-35(20-25)31(39)19-26(33)18-24-11-13-27(14-12-24)34-30(38)21-41-23(2)37/h4-5,9-14,25-26H,6-8,15-21,33H2,1-3H3,(H,34,38)/t25?,26-/m1/s1. The summed E-state index contributed by atoms with van der Waals surface area (Å²) in [5, 5.41) is 3.96. The van der Waals surface area contributed by atoms with Crippen molar-refractivity contribution >= 4 is 34.4 Å². The molecule has 0 saturated carbocycles. The van der Waals surface area contributed by atoms with E-state index in [0.29, 0.717) is 25.3 Å². The number of ether oxygens (including phenoxy) is 2. The van der Waals surface area contributed by atoms with Crippen LogP contribution in [0.2, 0.25) is 0 Å². The van der Waals surface area contributed by atoms with Crippen LogP contribution in [0.15, 0.2) is 48.5 Å². The summed E-state index contributed by atoms with van der Waals surface area (Å²) in [6.07, 6.45) is 3.80. The molecule has 2 atom stereocenters. The molecule has 2 aromatic carbocycles. The molecule has 1 aromatic heterocycles. The van der Waals surface area contributed by atoms with Crippen LogP contribution in [-0.2, 0) is 36.8 Å². The van der Waals surface area contributed by atoms with E-state index in [1.165, 1.54) is 29.1 Å². The monoisotopic (exact) mass is 562 g/mol. The Kier molecular flexibility index (Phi) is 10.5. The lowest BCUT2D eigenvalue weighted by molar-refractivity contribution is -0.144. The SMILES string of the molecule is COCCCn1c(C2CCCN(C(=O)C[C@H](N)Cc3ccc(NC(=O)COC(C)=O)cc3)C2)c(C)c2ccccc21. The van der Waals surface area contributed by atoms with Gasteiger partial charge in [-0.2, -0.15) is 0 Å². The lowest BCUT2D eigenvalue weighted by Crippen LogP contribution is -2.42. The Morgan fingerprint density at radius 2 is 1.88 bits per heavy atom. The zero-order chi connectivity index (χ0) is 29.4. The number of benzene rings is 2.